The van der Waals surface area contributed by atoms with Gasteiger partial charge in [0.25, 0.3) is 0 Å². The molecule has 1 nitrogen and oxygen atoms in total. The van der Waals surface area contributed by atoms with Crippen LogP contribution in [0.3, 0.4) is 0 Å². The minimum absolute atomic E-state index is 0.337. The molecule has 0 unspecified atom stereocenters. The second-order valence-corrected chi connectivity index (χ2v) is 3.53. The molecular formula is C10H21N. The van der Waals surface area contributed by atoms with Crippen LogP contribution in [0.2, 0.25) is 0 Å². The van der Waals surface area contributed by atoms with E-state index in [1.807, 2.05) is 0 Å². The van der Waals surface area contributed by atoms with Crippen LogP contribution < -0.4 is 5.73 Å². The second kappa shape index (κ2) is 5.36. The van der Waals surface area contributed by atoms with Crippen LogP contribution in [0.25, 0.3) is 0 Å². The third-order valence-corrected chi connectivity index (χ3v) is 2.00. The predicted octanol–water partition coefficient (Wildman–Crippen LogP) is 2.72. The van der Waals surface area contributed by atoms with Gasteiger partial charge in [-0.25, -0.2) is 0 Å². The van der Waals surface area contributed by atoms with Gasteiger partial charge < -0.3 is 5.73 Å². The SMILES string of the molecule is C/C=C(/CC[C@@H](C)N)C(C)C. The molecule has 1 heteroatoms. The molecule has 0 bridgehead atoms. The fraction of sp³-hybridized carbons (Fsp3) is 0.800. The molecule has 0 radical (unpaired) electrons. The minimum atomic E-state index is 0.337. The Morgan fingerprint density at radius 3 is 2.18 bits per heavy atom. The summed E-state index contributed by atoms with van der Waals surface area (Å²) in [5, 5.41) is 0. The Morgan fingerprint density at radius 1 is 1.36 bits per heavy atom. The largest absolute Gasteiger partial charge is 0.328 e. The van der Waals surface area contributed by atoms with Crippen LogP contribution in [0, 0.1) is 5.92 Å². The van der Waals surface area contributed by atoms with Crippen molar-refractivity contribution >= 4 is 0 Å². The highest BCUT2D eigenvalue weighted by atomic mass is 14.6. The summed E-state index contributed by atoms with van der Waals surface area (Å²) in [6.45, 7) is 8.64. The molecule has 0 heterocycles. The van der Waals surface area contributed by atoms with Crippen molar-refractivity contribution in [2.45, 2.75) is 46.6 Å². The lowest BCUT2D eigenvalue weighted by Gasteiger charge is -2.11. The van der Waals surface area contributed by atoms with Gasteiger partial charge in [0.2, 0.25) is 0 Å². The second-order valence-electron chi connectivity index (χ2n) is 3.53. The van der Waals surface area contributed by atoms with Crippen molar-refractivity contribution in [3.8, 4) is 0 Å². The molecule has 0 aliphatic heterocycles. The van der Waals surface area contributed by atoms with Crippen molar-refractivity contribution in [2.24, 2.45) is 11.7 Å². The predicted molar refractivity (Wildman–Crippen MR) is 51.5 cm³/mol. The van der Waals surface area contributed by atoms with Gasteiger partial charge in [-0.05, 0) is 32.6 Å². The van der Waals surface area contributed by atoms with Crippen LogP contribution in [0.5, 0.6) is 0 Å². The molecule has 11 heavy (non-hydrogen) atoms. The maximum Gasteiger partial charge on any atom is 0.00135 e. The number of rotatable bonds is 4. The van der Waals surface area contributed by atoms with E-state index >= 15 is 0 Å². The standard InChI is InChI=1S/C10H21N/c1-5-10(8(2)3)7-6-9(4)11/h5,8-9H,6-7,11H2,1-4H3/b10-5-/t9-/m1/s1. The molecule has 0 spiro atoms. The lowest BCUT2D eigenvalue weighted by atomic mass is 9.97. The summed E-state index contributed by atoms with van der Waals surface area (Å²) in [6.07, 6.45) is 4.48. The van der Waals surface area contributed by atoms with Crippen molar-refractivity contribution in [3.05, 3.63) is 11.6 Å². The van der Waals surface area contributed by atoms with Crippen LogP contribution in [0.1, 0.15) is 40.5 Å². The van der Waals surface area contributed by atoms with Gasteiger partial charge in [-0.1, -0.05) is 25.5 Å². The van der Waals surface area contributed by atoms with Crippen LogP contribution in [0.15, 0.2) is 11.6 Å². The van der Waals surface area contributed by atoms with Gasteiger partial charge in [0.05, 0.1) is 0 Å². The molecule has 1 atom stereocenters. The molecule has 2 N–H and O–H groups in total. The van der Waals surface area contributed by atoms with Crippen molar-refractivity contribution in [1.29, 1.82) is 0 Å². The van der Waals surface area contributed by atoms with E-state index in [9.17, 15) is 0 Å². The normalized spacial score (nSPS) is 15.6. The molecule has 0 aromatic rings. The average Bonchev–Trinajstić information content (AvgIpc) is 1.87. The molecule has 0 aliphatic carbocycles. The van der Waals surface area contributed by atoms with E-state index in [2.05, 4.69) is 33.8 Å². The van der Waals surface area contributed by atoms with Crippen molar-refractivity contribution in [3.63, 3.8) is 0 Å². The first-order valence-electron chi connectivity index (χ1n) is 4.48. The zero-order chi connectivity index (χ0) is 8.85. The Labute approximate surface area is 70.7 Å². The smallest absolute Gasteiger partial charge is 0.00135 e. The summed E-state index contributed by atoms with van der Waals surface area (Å²) in [7, 11) is 0. The molecule has 0 aromatic carbocycles. The topological polar surface area (TPSA) is 26.0 Å². The zero-order valence-corrected chi connectivity index (χ0v) is 8.22. The summed E-state index contributed by atoms with van der Waals surface area (Å²) < 4.78 is 0. The Bertz CT molecular complexity index is 123. The quantitative estimate of drug-likeness (QED) is 0.621. The Hall–Kier alpha value is -0.300. The summed E-state index contributed by atoms with van der Waals surface area (Å²) in [4.78, 5) is 0. The molecular weight excluding hydrogens is 134 g/mol. The molecule has 0 amide bonds. The maximum atomic E-state index is 5.67. The lowest BCUT2D eigenvalue weighted by Crippen LogP contribution is -2.15. The van der Waals surface area contributed by atoms with Gasteiger partial charge in [0.15, 0.2) is 0 Å². The van der Waals surface area contributed by atoms with E-state index in [1.54, 1.807) is 0 Å². The molecule has 0 aromatic heterocycles. The summed E-state index contributed by atoms with van der Waals surface area (Å²) >= 11 is 0. The third-order valence-electron chi connectivity index (χ3n) is 2.00. The highest BCUT2D eigenvalue weighted by Gasteiger charge is 2.02. The monoisotopic (exact) mass is 155 g/mol. The first kappa shape index (κ1) is 10.7. The highest BCUT2D eigenvalue weighted by molar-refractivity contribution is 5.03. The van der Waals surface area contributed by atoms with Gasteiger partial charge in [0, 0.05) is 6.04 Å². The summed E-state index contributed by atoms with van der Waals surface area (Å²) in [5.74, 6) is 0.679. The van der Waals surface area contributed by atoms with E-state index in [-0.39, 0.29) is 0 Å². The van der Waals surface area contributed by atoms with Gasteiger partial charge in [-0.15, -0.1) is 0 Å². The van der Waals surface area contributed by atoms with E-state index in [1.165, 1.54) is 5.57 Å². The Morgan fingerprint density at radius 2 is 1.91 bits per heavy atom. The fourth-order valence-corrected chi connectivity index (χ4v) is 1.16. The lowest BCUT2D eigenvalue weighted by molar-refractivity contribution is 0.617. The first-order chi connectivity index (χ1) is 5.07. The Balaban J connectivity index is 3.72. The highest BCUT2D eigenvalue weighted by Crippen LogP contribution is 2.15. The molecule has 0 rings (SSSR count). The van der Waals surface area contributed by atoms with Crippen LogP contribution in [-0.2, 0) is 0 Å². The average molecular weight is 155 g/mol. The number of allylic oxidation sites excluding steroid dienone is 2. The first-order valence-corrected chi connectivity index (χ1v) is 4.48. The number of hydrogen-bond acceptors (Lipinski definition) is 1. The molecule has 66 valence electrons. The fourth-order valence-electron chi connectivity index (χ4n) is 1.16. The minimum Gasteiger partial charge on any atom is -0.328 e. The van der Waals surface area contributed by atoms with E-state index in [0.717, 1.165) is 12.8 Å². The molecule has 0 aliphatic rings. The maximum absolute atomic E-state index is 5.67. The van der Waals surface area contributed by atoms with Gasteiger partial charge in [-0.3, -0.25) is 0 Å². The summed E-state index contributed by atoms with van der Waals surface area (Å²) in [6, 6.07) is 0.337. The number of hydrogen-bond donors (Lipinski definition) is 1. The summed E-state index contributed by atoms with van der Waals surface area (Å²) in [5.41, 5.74) is 7.20. The van der Waals surface area contributed by atoms with Gasteiger partial charge in [0.1, 0.15) is 0 Å². The van der Waals surface area contributed by atoms with Crippen LogP contribution in [0.4, 0.5) is 0 Å². The molecule has 0 saturated heterocycles. The van der Waals surface area contributed by atoms with Gasteiger partial charge in [-0.2, -0.15) is 0 Å². The van der Waals surface area contributed by atoms with Gasteiger partial charge >= 0.3 is 0 Å². The molecule has 0 saturated carbocycles. The Kier molecular flexibility index (Phi) is 5.22. The van der Waals surface area contributed by atoms with E-state index < -0.39 is 0 Å². The third kappa shape index (κ3) is 5.02. The van der Waals surface area contributed by atoms with Crippen LogP contribution in [-0.4, -0.2) is 6.04 Å². The van der Waals surface area contributed by atoms with E-state index in [0.29, 0.717) is 12.0 Å². The van der Waals surface area contributed by atoms with Crippen molar-refractivity contribution in [2.75, 3.05) is 0 Å². The van der Waals surface area contributed by atoms with Crippen molar-refractivity contribution < 1.29 is 0 Å². The van der Waals surface area contributed by atoms with Crippen LogP contribution >= 0.6 is 0 Å². The zero-order valence-electron chi connectivity index (χ0n) is 8.22. The number of nitrogens with two attached hydrogens (primary N) is 1. The molecule has 0 fully saturated rings. The van der Waals surface area contributed by atoms with E-state index in [4.69, 9.17) is 5.73 Å². The van der Waals surface area contributed by atoms with Crippen molar-refractivity contribution in [1.82, 2.24) is 0 Å².